The Kier molecular flexibility index (Phi) is 2.69. The highest BCUT2D eigenvalue weighted by molar-refractivity contribution is 4.76. The van der Waals surface area contributed by atoms with Gasteiger partial charge in [0.25, 0.3) is 0 Å². The molecule has 60 valence electrons. The summed E-state index contributed by atoms with van der Waals surface area (Å²) in [6, 6.07) is 0.674. The van der Waals surface area contributed by atoms with Crippen molar-refractivity contribution in [1.82, 2.24) is 4.90 Å². The van der Waals surface area contributed by atoms with Crippen molar-refractivity contribution < 1.29 is 5.11 Å². The first-order valence-electron chi connectivity index (χ1n) is 4.16. The molecule has 1 aliphatic rings. The van der Waals surface area contributed by atoms with Gasteiger partial charge in [0.2, 0.25) is 0 Å². The van der Waals surface area contributed by atoms with Gasteiger partial charge in [-0.15, -0.1) is 0 Å². The van der Waals surface area contributed by atoms with Crippen molar-refractivity contribution in [2.75, 3.05) is 13.1 Å². The van der Waals surface area contributed by atoms with E-state index < -0.39 is 0 Å². The summed E-state index contributed by atoms with van der Waals surface area (Å²) < 4.78 is 0. The molecule has 0 saturated carbocycles. The SMILES string of the molecule is CCN1C[C@@H](O)CC[C@@H]1C. The lowest BCUT2D eigenvalue weighted by Crippen LogP contribution is -2.43. The first-order valence-corrected chi connectivity index (χ1v) is 4.16. The highest BCUT2D eigenvalue weighted by Crippen LogP contribution is 2.15. The number of piperidine rings is 1. The van der Waals surface area contributed by atoms with Crippen molar-refractivity contribution in [2.45, 2.75) is 38.8 Å². The van der Waals surface area contributed by atoms with Gasteiger partial charge in [0.1, 0.15) is 0 Å². The third kappa shape index (κ3) is 1.70. The maximum Gasteiger partial charge on any atom is 0.0667 e. The van der Waals surface area contributed by atoms with E-state index in [0.717, 1.165) is 25.9 Å². The molecule has 0 amide bonds. The van der Waals surface area contributed by atoms with Crippen molar-refractivity contribution >= 4 is 0 Å². The molecule has 1 rings (SSSR count). The van der Waals surface area contributed by atoms with Crippen LogP contribution in [0.4, 0.5) is 0 Å². The third-order valence-electron chi connectivity index (χ3n) is 2.39. The van der Waals surface area contributed by atoms with E-state index in [-0.39, 0.29) is 6.10 Å². The van der Waals surface area contributed by atoms with Gasteiger partial charge in [0, 0.05) is 12.6 Å². The first-order chi connectivity index (χ1) is 4.74. The van der Waals surface area contributed by atoms with E-state index in [2.05, 4.69) is 18.7 Å². The lowest BCUT2D eigenvalue weighted by Gasteiger charge is -2.34. The van der Waals surface area contributed by atoms with Gasteiger partial charge in [0.15, 0.2) is 0 Å². The molecule has 0 unspecified atom stereocenters. The fourth-order valence-electron chi connectivity index (χ4n) is 1.60. The lowest BCUT2D eigenvalue weighted by atomic mass is 10.0. The summed E-state index contributed by atoms with van der Waals surface area (Å²) in [7, 11) is 0. The molecule has 0 spiro atoms. The Morgan fingerprint density at radius 1 is 1.50 bits per heavy atom. The van der Waals surface area contributed by atoms with Crippen LogP contribution in [0.1, 0.15) is 26.7 Å². The number of rotatable bonds is 1. The Morgan fingerprint density at radius 2 is 2.20 bits per heavy atom. The first kappa shape index (κ1) is 8.02. The van der Waals surface area contributed by atoms with Crippen LogP contribution in [0, 0.1) is 0 Å². The highest BCUT2D eigenvalue weighted by atomic mass is 16.3. The Balaban J connectivity index is 2.38. The summed E-state index contributed by atoms with van der Waals surface area (Å²) in [5, 5.41) is 9.29. The van der Waals surface area contributed by atoms with Gasteiger partial charge in [-0.2, -0.15) is 0 Å². The Hall–Kier alpha value is -0.0800. The van der Waals surface area contributed by atoms with Crippen molar-refractivity contribution in [3.05, 3.63) is 0 Å². The van der Waals surface area contributed by atoms with Crippen LogP contribution in [-0.2, 0) is 0 Å². The molecule has 10 heavy (non-hydrogen) atoms. The smallest absolute Gasteiger partial charge is 0.0667 e. The normalized spacial score (nSPS) is 36.3. The maximum absolute atomic E-state index is 9.29. The molecule has 1 N–H and O–H groups in total. The summed E-state index contributed by atoms with van der Waals surface area (Å²) in [4.78, 5) is 2.33. The van der Waals surface area contributed by atoms with Gasteiger partial charge < -0.3 is 5.11 Å². The average Bonchev–Trinajstić information content (AvgIpc) is 1.94. The third-order valence-corrected chi connectivity index (χ3v) is 2.39. The van der Waals surface area contributed by atoms with Crippen LogP contribution in [0.2, 0.25) is 0 Å². The molecule has 0 bridgehead atoms. The van der Waals surface area contributed by atoms with E-state index in [0.29, 0.717) is 6.04 Å². The minimum Gasteiger partial charge on any atom is -0.392 e. The summed E-state index contributed by atoms with van der Waals surface area (Å²) >= 11 is 0. The zero-order valence-corrected chi connectivity index (χ0v) is 6.88. The van der Waals surface area contributed by atoms with E-state index >= 15 is 0 Å². The quantitative estimate of drug-likeness (QED) is 0.588. The van der Waals surface area contributed by atoms with Crippen LogP contribution < -0.4 is 0 Å². The van der Waals surface area contributed by atoms with Crippen LogP contribution in [0.25, 0.3) is 0 Å². The van der Waals surface area contributed by atoms with Crippen LogP contribution in [-0.4, -0.2) is 35.2 Å². The minimum atomic E-state index is -0.0730. The second-order valence-electron chi connectivity index (χ2n) is 3.17. The molecule has 1 heterocycles. The predicted octanol–water partition coefficient (Wildman–Crippen LogP) is 0.851. The van der Waals surface area contributed by atoms with Crippen molar-refractivity contribution in [1.29, 1.82) is 0 Å². The average molecular weight is 143 g/mol. The molecule has 2 heteroatoms. The number of aliphatic hydroxyl groups excluding tert-OH is 1. The number of hydrogen-bond acceptors (Lipinski definition) is 2. The van der Waals surface area contributed by atoms with Gasteiger partial charge >= 0.3 is 0 Å². The topological polar surface area (TPSA) is 23.5 Å². The van der Waals surface area contributed by atoms with E-state index in [1.54, 1.807) is 0 Å². The second-order valence-corrected chi connectivity index (χ2v) is 3.17. The Morgan fingerprint density at radius 3 is 2.70 bits per heavy atom. The lowest BCUT2D eigenvalue weighted by molar-refractivity contribution is 0.0444. The van der Waals surface area contributed by atoms with Crippen LogP contribution in [0.3, 0.4) is 0 Å². The van der Waals surface area contributed by atoms with Gasteiger partial charge in [-0.3, -0.25) is 4.90 Å². The Bertz CT molecular complexity index is 105. The zero-order chi connectivity index (χ0) is 7.56. The largest absolute Gasteiger partial charge is 0.392 e. The molecule has 2 atom stereocenters. The number of aliphatic hydroxyl groups is 1. The highest BCUT2D eigenvalue weighted by Gasteiger charge is 2.21. The standard InChI is InChI=1S/C8H17NO/c1-3-9-6-8(10)5-4-7(9)2/h7-8,10H,3-6H2,1-2H3/t7-,8-/m0/s1. The molecular formula is C8H17NO. The van der Waals surface area contributed by atoms with Crippen LogP contribution >= 0.6 is 0 Å². The zero-order valence-electron chi connectivity index (χ0n) is 6.88. The van der Waals surface area contributed by atoms with Gasteiger partial charge in [-0.1, -0.05) is 6.92 Å². The second kappa shape index (κ2) is 3.35. The fraction of sp³-hybridized carbons (Fsp3) is 1.00. The predicted molar refractivity (Wildman–Crippen MR) is 41.9 cm³/mol. The monoisotopic (exact) mass is 143 g/mol. The summed E-state index contributed by atoms with van der Waals surface area (Å²) in [5.74, 6) is 0. The molecule has 1 saturated heterocycles. The van der Waals surface area contributed by atoms with Crippen LogP contribution in [0.15, 0.2) is 0 Å². The molecular weight excluding hydrogens is 126 g/mol. The molecule has 2 nitrogen and oxygen atoms in total. The summed E-state index contributed by atoms with van der Waals surface area (Å²) in [5.41, 5.74) is 0. The molecule has 0 radical (unpaired) electrons. The van der Waals surface area contributed by atoms with Crippen molar-refractivity contribution in [3.63, 3.8) is 0 Å². The number of hydrogen-bond donors (Lipinski definition) is 1. The minimum absolute atomic E-state index is 0.0730. The number of nitrogens with zero attached hydrogens (tertiary/aromatic N) is 1. The van der Waals surface area contributed by atoms with Crippen molar-refractivity contribution in [2.24, 2.45) is 0 Å². The van der Waals surface area contributed by atoms with Gasteiger partial charge in [0.05, 0.1) is 6.10 Å². The van der Waals surface area contributed by atoms with Crippen LogP contribution in [0.5, 0.6) is 0 Å². The molecule has 0 aliphatic carbocycles. The Labute approximate surface area is 62.8 Å². The molecule has 0 aromatic carbocycles. The van der Waals surface area contributed by atoms with Crippen molar-refractivity contribution in [3.8, 4) is 0 Å². The number of likely N-dealkylation sites (tertiary alicyclic amines) is 1. The van der Waals surface area contributed by atoms with E-state index in [4.69, 9.17) is 0 Å². The fourth-order valence-corrected chi connectivity index (χ4v) is 1.60. The van der Waals surface area contributed by atoms with E-state index in [1.165, 1.54) is 0 Å². The summed E-state index contributed by atoms with van der Waals surface area (Å²) in [6.07, 6.45) is 2.06. The molecule has 1 fully saturated rings. The molecule has 0 aromatic rings. The van der Waals surface area contributed by atoms with Gasteiger partial charge in [-0.05, 0) is 26.3 Å². The molecule has 0 aromatic heterocycles. The van der Waals surface area contributed by atoms with E-state index in [9.17, 15) is 5.11 Å². The number of β-amino-alcohol motifs (C(OH)–C–C–N with tert-alkyl or cyclic N) is 1. The number of likely N-dealkylation sites (N-methyl/N-ethyl adjacent to an activating group) is 1. The summed E-state index contributed by atoms with van der Waals surface area (Å²) in [6.45, 7) is 6.32. The molecule has 1 aliphatic heterocycles. The van der Waals surface area contributed by atoms with E-state index in [1.807, 2.05) is 0 Å². The van der Waals surface area contributed by atoms with Gasteiger partial charge in [-0.25, -0.2) is 0 Å². The maximum atomic E-state index is 9.29.